The molecule has 38 heavy (non-hydrogen) atoms. The minimum absolute atomic E-state index is 0.104. The molecule has 9 nitrogen and oxygen atoms in total. The van der Waals surface area contributed by atoms with Gasteiger partial charge >= 0.3 is 6.09 Å². The largest absolute Gasteiger partial charge is 0.444 e. The fourth-order valence-corrected chi connectivity index (χ4v) is 4.84. The molecule has 2 aliphatic heterocycles. The average molecular weight is 533 g/mol. The SMILES string of the molecule is CC(C)[C@@H](NC(=O)C1CCN(C(=O)[C@@H]2CCCN2C(=O)OC(C)(C)C)CC1)C(=O)NCc1ccc(F)cc1. The Balaban J connectivity index is 1.50. The van der Waals surface area contributed by atoms with Crippen molar-refractivity contribution in [3.05, 3.63) is 35.6 Å². The Bertz CT molecular complexity index is 999. The number of hydrogen-bond donors (Lipinski definition) is 2. The van der Waals surface area contributed by atoms with E-state index >= 15 is 0 Å². The van der Waals surface area contributed by atoms with Crippen molar-refractivity contribution in [1.29, 1.82) is 0 Å². The summed E-state index contributed by atoms with van der Waals surface area (Å²) in [6, 6.07) is 4.64. The number of amides is 4. The summed E-state index contributed by atoms with van der Waals surface area (Å²) < 4.78 is 18.6. The van der Waals surface area contributed by atoms with E-state index < -0.39 is 23.8 Å². The molecule has 0 aliphatic carbocycles. The quantitative estimate of drug-likeness (QED) is 0.561. The lowest BCUT2D eigenvalue weighted by molar-refractivity contribution is -0.140. The van der Waals surface area contributed by atoms with Gasteiger partial charge in [-0.15, -0.1) is 0 Å². The van der Waals surface area contributed by atoms with Gasteiger partial charge in [-0.1, -0.05) is 26.0 Å². The summed E-state index contributed by atoms with van der Waals surface area (Å²) in [5, 5.41) is 5.71. The number of likely N-dealkylation sites (tertiary alicyclic amines) is 2. The van der Waals surface area contributed by atoms with E-state index in [-0.39, 0.29) is 41.9 Å². The van der Waals surface area contributed by atoms with Gasteiger partial charge < -0.3 is 20.3 Å². The molecule has 4 amide bonds. The average Bonchev–Trinajstić information content (AvgIpc) is 3.35. The van der Waals surface area contributed by atoms with Gasteiger partial charge in [0, 0.05) is 32.1 Å². The van der Waals surface area contributed by atoms with E-state index in [1.54, 1.807) is 37.8 Å². The number of nitrogens with zero attached hydrogens (tertiary/aromatic N) is 2. The molecule has 2 saturated heterocycles. The highest BCUT2D eigenvalue weighted by Gasteiger charge is 2.40. The Kier molecular flexibility index (Phi) is 9.73. The van der Waals surface area contributed by atoms with Crippen LogP contribution in [0, 0.1) is 17.7 Å². The number of carbonyl (C=O) groups excluding carboxylic acids is 4. The molecule has 210 valence electrons. The molecule has 0 saturated carbocycles. The van der Waals surface area contributed by atoms with E-state index in [0.29, 0.717) is 38.9 Å². The van der Waals surface area contributed by atoms with Gasteiger partial charge in [0.1, 0.15) is 23.5 Å². The Morgan fingerprint density at radius 2 is 1.66 bits per heavy atom. The molecule has 10 heteroatoms. The standard InChI is InChI=1S/C28H41FN4O5/c1-18(2)23(25(35)30-17-19-8-10-21(29)11-9-19)31-24(34)20-12-15-32(16-13-20)26(36)22-7-6-14-33(22)27(37)38-28(3,4)5/h8-11,18,20,22-23H,6-7,12-17H2,1-5H3,(H,30,35)(H,31,34)/t22-,23+/m0/s1. The number of ether oxygens (including phenoxy) is 1. The van der Waals surface area contributed by atoms with Gasteiger partial charge in [-0.25, -0.2) is 9.18 Å². The van der Waals surface area contributed by atoms with Gasteiger partial charge in [0.05, 0.1) is 0 Å². The first-order valence-electron chi connectivity index (χ1n) is 13.5. The zero-order valence-corrected chi connectivity index (χ0v) is 23.1. The zero-order valence-electron chi connectivity index (χ0n) is 23.1. The van der Waals surface area contributed by atoms with Crippen molar-refractivity contribution in [2.75, 3.05) is 19.6 Å². The molecule has 1 aromatic carbocycles. The molecule has 0 radical (unpaired) electrons. The Labute approximate surface area is 224 Å². The van der Waals surface area contributed by atoms with E-state index in [1.807, 2.05) is 13.8 Å². The Morgan fingerprint density at radius 1 is 1.03 bits per heavy atom. The van der Waals surface area contributed by atoms with Crippen molar-refractivity contribution in [2.45, 2.75) is 84.5 Å². The van der Waals surface area contributed by atoms with Crippen molar-refractivity contribution in [3.63, 3.8) is 0 Å². The highest BCUT2D eigenvalue weighted by Crippen LogP contribution is 2.25. The second kappa shape index (κ2) is 12.6. The van der Waals surface area contributed by atoms with Crippen LogP contribution >= 0.6 is 0 Å². The molecule has 0 aromatic heterocycles. The molecule has 2 N–H and O–H groups in total. The molecular formula is C28H41FN4O5. The van der Waals surface area contributed by atoms with Gasteiger partial charge in [-0.3, -0.25) is 19.3 Å². The van der Waals surface area contributed by atoms with E-state index in [1.165, 1.54) is 17.0 Å². The van der Waals surface area contributed by atoms with Gasteiger partial charge in [-0.05, 0) is 70.1 Å². The number of hydrogen-bond acceptors (Lipinski definition) is 5. The minimum Gasteiger partial charge on any atom is -0.444 e. The normalized spacial score (nSPS) is 19.3. The number of carbonyl (C=O) groups is 4. The molecule has 3 rings (SSSR count). The Hall–Kier alpha value is -3.17. The molecule has 0 unspecified atom stereocenters. The van der Waals surface area contributed by atoms with E-state index in [2.05, 4.69) is 10.6 Å². The van der Waals surface area contributed by atoms with Gasteiger partial charge in [0.25, 0.3) is 0 Å². The number of nitrogens with one attached hydrogen (secondary N) is 2. The predicted octanol–water partition coefficient (Wildman–Crippen LogP) is 3.22. The summed E-state index contributed by atoms with van der Waals surface area (Å²) in [5.74, 6) is -1.39. The first kappa shape index (κ1) is 29.4. The smallest absolute Gasteiger partial charge is 0.410 e. The fourth-order valence-electron chi connectivity index (χ4n) is 4.84. The van der Waals surface area contributed by atoms with Crippen LogP contribution in [0.25, 0.3) is 0 Å². The minimum atomic E-state index is -0.705. The van der Waals surface area contributed by atoms with Crippen LogP contribution < -0.4 is 10.6 Å². The summed E-state index contributed by atoms with van der Waals surface area (Å²) in [7, 11) is 0. The summed E-state index contributed by atoms with van der Waals surface area (Å²) in [5.41, 5.74) is 0.128. The van der Waals surface area contributed by atoms with Gasteiger partial charge in [-0.2, -0.15) is 0 Å². The van der Waals surface area contributed by atoms with E-state index in [0.717, 1.165) is 12.0 Å². The monoisotopic (exact) mass is 532 g/mol. The molecule has 1 aromatic rings. The first-order chi connectivity index (χ1) is 17.9. The Morgan fingerprint density at radius 3 is 2.24 bits per heavy atom. The van der Waals surface area contributed by atoms with E-state index in [9.17, 15) is 23.6 Å². The van der Waals surface area contributed by atoms with Crippen LogP contribution in [0.2, 0.25) is 0 Å². The highest BCUT2D eigenvalue weighted by atomic mass is 19.1. The maximum absolute atomic E-state index is 13.2. The lowest BCUT2D eigenvalue weighted by atomic mass is 9.94. The van der Waals surface area contributed by atoms with Crippen molar-refractivity contribution in [1.82, 2.24) is 20.4 Å². The number of rotatable bonds is 7. The lowest BCUT2D eigenvalue weighted by Crippen LogP contribution is -2.54. The van der Waals surface area contributed by atoms with Crippen LogP contribution in [0.1, 0.15) is 65.9 Å². The second-order valence-corrected chi connectivity index (χ2v) is 11.5. The van der Waals surface area contributed by atoms with E-state index in [4.69, 9.17) is 4.74 Å². The maximum Gasteiger partial charge on any atom is 0.410 e. The molecule has 0 bridgehead atoms. The summed E-state index contributed by atoms with van der Waals surface area (Å²) in [6.07, 6.45) is 1.84. The third-order valence-corrected chi connectivity index (χ3v) is 6.97. The number of benzene rings is 1. The van der Waals surface area contributed by atoms with Crippen LogP contribution in [-0.4, -0.2) is 70.9 Å². The van der Waals surface area contributed by atoms with Crippen LogP contribution in [0.15, 0.2) is 24.3 Å². The second-order valence-electron chi connectivity index (χ2n) is 11.5. The number of halogens is 1. The number of piperidine rings is 1. The van der Waals surface area contributed by atoms with Crippen LogP contribution in [0.4, 0.5) is 9.18 Å². The molecule has 2 heterocycles. The van der Waals surface area contributed by atoms with Gasteiger partial charge in [0.15, 0.2) is 0 Å². The maximum atomic E-state index is 13.2. The third kappa shape index (κ3) is 7.91. The predicted molar refractivity (Wildman–Crippen MR) is 140 cm³/mol. The summed E-state index contributed by atoms with van der Waals surface area (Å²) >= 11 is 0. The first-order valence-corrected chi connectivity index (χ1v) is 13.5. The fraction of sp³-hybridized carbons (Fsp3) is 0.643. The third-order valence-electron chi connectivity index (χ3n) is 6.97. The molecule has 2 aliphatic rings. The summed E-state index contributed by atoms with van der Waals surface area (Å²) in [4.78, 5) is 54.9. The van der Waals surface area contributed by atoms with Crippen molar-refractivity contribution in [2.24, 2.45) is 11.8 Å². The highest BCUT2D eigenvalue weighted by molar-refractivity contribution is 5.89. The molecule has 0 spiro atoms. The molecule has 2 fully saturated rings. The van der Waals surface area contributed by atoms with Crippen molar-refractivity contribution < 1.29 is 28.3 Å². The van der Waals surface area contributed by atoms with Crippen molar-refractivity contribution in [3.8, 4) is 0 Å². The van der Waals surface area contributed by atoms with Crippen LogP contribution in [0.5, 0.6) is 0 Å². The zero-order chi connectivity index (χ0) is 28.0. The topological polar surface area (TPSA) is 108 Å². The molecular weight excluding hydrogens is 491 g/mol. The van der Waals surface area contributed by atoms with Crippen LogP contribution in [0.3, 0.4) is 0 Å². The molecule has 2 atom stereocenters. The van der Waals surface area contributed by atoms with Crippen LogP contribution in [-0.2, 0) is 25.7 Å². The van der Waals surface area contributed by atoms with Gasteiger partial charge in [0.2, 0.25) is 17.7 Å². The van der Waals surface area contributed by atoms with Crippen molar-refractivity contribution >= 4 is 23.8 Å². The lowest BCUT2D eigenvalue weighted by Gasteiger charge is -2.36. The summed E-state index contributed by atoms with van der Waals surface area (Å²) in [6.45, 7) is 10.7.